The van der Waals surface area contributed by atoms with E-state index in [1.165, 1.54) is 12.8 Å². The second-order valence-electron chi connectivity index (χ2n) is 7.11. The van der Waals surface area contributed by atoms with Crippen molar-refractivity contribution in [3.05, 3.63) is 65.7 Å². The van der Waals surface area contributed by atoms with Gasteiger partial charge in [-0.15, -0.1) is 0 Å². The molecule has 4 rings (SSSR count). The van der Waals surface area contributed by atoms with Gasteiger partial charge in [-0.2, -0.15) is 5.10 Å². The number of hydrogen-bond donors (Lipinski definition) is 1. The molecule has 0 unspecified atom stereocenters. The normalized spacial score (nSPS) is 13.4. The monoisotopic (exact) mass is 376 g/mol. The number of carbonyl (C=O) groups is 1. The number of nitrogens with one attached hydrogen (secondary N) is 1. The number of amides is 1. The van der Waals surface area contributed by atoms with Crippen LogP contribution >= 0.6 is 0 Å². The summed E-state index contributed by atoms with van der Waals surface area (Å²) in [5, 5.41) is 7.76. The van der Waals surface area contributed by atoms with E-state index >= 15 is 0 Å². The summed E-state index contributed by atoms with van der Waals surface area (Å²) in [7, 11) is 1.59. The van der Waals surface area contributed by atoms with Crippen LogP contribution in [0.5, 0.6) is 5.75 Å². The van der Waals surface area contributed by atoms with E-state index in [-0.39, 0.29) is 5.91 Å². The van der Waals surface area contributed by atoms with Crippen LogP contribution < -0.4 is 10.1 Å². The number of ether oxygens (including phenoxy) is 1. The van der Waals surface area contributed by atoms with Crippen molar-refractivity contribution in [2.45, 2.75) is 32.2 Å². The van der Waals surface area contributed by atoms with E-state index in [1.807, 2.05) is 35.9 Å². The summed E-state index contributed by atoms with van der Waals surface area (Å²) >= 11 is 0. The van der Waals surface area contributed by atoms with Gasteiger partial charge in [-0.1, -0.05) is 12.1 Å². The molecule has 0 radical (unpaired) electrons. The highest BCUT2D eigenvalue weighted by Crippen LogP contribution is 2.43. The molecule has 6 nitrogen and oxygen atoms in total. The molecule has 1 N–H and O–H groups in total. The highest BCUT2D eigenvalue weighted by Gasteiger charge is 2.29. The minimum atomic E-state index is -0.135. The van der Waals surface area contributed by atoms with E-state index in [1.54, 1.807) is 25.6 Å². The predicted octanol–water partition coefficient (Wildman–Crippen LogP) is 3.57. The number of aromatic nitrogens is 3. The number of rotatable bonds is 7. The fraction of sp³-hybridized carbons (Fsp3) is 0.318. The van der Waals surface area contributed by atoms with E-state index in [2.05, 4.69) is 16.5 Å². The topological polar surface area (TPSA) is 69.0 Å². The molecule has 0 atom stereocenters. The Morgan fingerprint density at radius 1 is 1.25 bits per heavy atom. The number of nitrogens with zero attached hydrogens (tertiary/aromatic N) is 3. The summed E-state index contributed by atoms with van der Waals surface area (Å²) in [6.07, 6.45) is 8.07. The fourth-order valence-corrected chi connectivity index (χ4v) is 3.44. The average molecular weight is 376 g/mol. The maximum atomic E-state index is 12.6. The zero-order chi connectivity index (χ0) is 19.5. The number of hydrogen-bond acceptors (Lipinski definition) is 4. The van der Waals surface area contributed by atoms with Crippen LogP contribution in [0.2, 0.25) is 0 Å². The Bertz CT molecular complexity index is 977. The Hall–Kier alpha value is -3.15. The SMILES string of the molecule is COc1c(C)cccc1C(=O)NCCn1cc(-c2ccncc2)c(C2CC2)n1. The van der Waals surface area contributed by atoms with Gasteiger partial charge in [0.25, 0.3) is 5.91 Å². The predicted molar refractivity (Wildman–Crippen MR) is 107 cm³/mol. The second kappa shape index (κ2) is 7.84. The van der Waals surface area contributed by atoms with Gasteiger partial charge >= 0.3 is 0 Å². The van der Waals surface area contributed by atoms with Gasteiger partial charge < -0.3 is 10.1 Å². The lowest BCUT2D eigenvalue weighted by Gasteiger charge is -2.11. The second-order valence-corrected chi connectivity index (χ2v) is 7.11. The average Bonchev–Trinajstić information content (AvgIpc) is 3.48. The number of pyridine rings is 1. The summed E-state index contributed by atoms with van der Waals surface area (Å²) in [5.74, 6) is 1.04. The maximum Gasteiger partial charge on any atom is 0.255 e. The van der Waals surface area contributed by atoms with Crippen molar-refractivity contribution in [2.24, 2.45) is 0 Å². The Labute approximate surface area is 164 Å². The van der Waals surface area contributed by atoms with Crippen molar-refractivity contribution in [3.8, 4) is 16.9 Å². The minimum Gasteiger partial charge on any atom is -0.496 e. The molecule has 1 aliphatic rings. The van der Waals surface area contributed by atoms with E-state index in [9.17, 15) is 4.79 Å². The molecule has 6 heteroatoms. The van der Waals surface area contributed by atoms with E-state index in [4.69, 9.17) is 9.84 Å². The van der Waals surface area contributed by atoms with Crippen molar-refractivity contribution in [2.75, 3.05) is 13.7 Å². The van der Waals surface area contributed by atoms with Crippen molar-refractivity contribution >= 4 is 5.91 Å². The minimum absolute atomic E-state index is 0.135. The van der Waals surface area contributed by atoms with Crippen LogP contribution in [0.4, 0.5) is 0 Å². The zero-order valence-corrected chi connectivity index (χ0v) is 16.2. The molecule has 1 aliphatic carbocycles. The van der Waals surface area contributed by atoms with Crippen molar-refractivity contribution in [3.63, 3.8) is 0 Å². The van der Waals surface area contributed by atoms with Gasteiger partial charge in [0, 0.05) is 36.6 Å². The molecule has 28 heavy (non-hydrogen) atoms. The molecule has 0 bridgehead atoms. The lowest BCUT2D eigenvalue weighted by atomic mass is 10.1. The lowest BCUT2D eigenvalue weighted by molar-refractivity contribution is 0.0948. The molecule has 144 valence electrons. The van der Waals surface area contributed by atoms with Gasteiger partial charge in [-0.3, -0.25) is 14.5 Å². The molecule has 0 aliphatic heterocycles. The number of carbonyl (C=O) groups excluding carboxylic acids is 1. The van der Waals surface area contributed by atoms with Crippen molar-refractivity contribution in [1.82, 2.24) is 20.1 Å². The zero-order valence-electron chi connectivity index (χ0n) is 16.2. The van der Waals surface area contributed by atoms with E-state index in [0.29, 0.717) is 30.3 Å². The van der Waals surface area contributed by atoms with Crippen LogP contribution in [0.25, 0.3) is 11.1 Å². The van der Waals surface area contributed by atoms with Gasteiger partial charge in [0.1, 0.15) is 5.75 Å². The van der Waals surface area contributed by atoms with Crippen LogP contribution in [0, 0.1) is 6.92 Å². The molecular weight excluding hydrogens is 352 g/mol. The summed E-state index contributed by atoms with van der Waals surface area (Å²) in [5.41, 5.74) is 4.95. The molecule has 1 aromatic carbocycles. The van der Waals surface area contributed by atoms with Crippen molar-refractivity contribution in [1.29, 1.82) is 0 Å². The van der Waals surface area contributed by atoms with Gasteiger partial charge in [-0.05, 0) is 49.1 Å². The fourth-order valence-electron chi connectivity index (χ4n) is 3.44. The first-order valence-electron chi connectivity index (χ1n) is 9.57. The first-order valence-corrected chi connectivity index (χ1v) is 9.57. The third-order valence-electron chi connectivity index (χ3n) is 5.03. The molecular formula is C22H24N4O2. The maximum absolute atomic E-state index is 12.6. The number of methoxy groups -OCH3 is 1. The van der Waals surface area contributed by atoms with Gasteiger partial charge in [-0.25, -0.2) is 0 Å². The molecule has 1 saturated carbocycles. The molecule has 1 fully saturated rings. The van der Waals surface area contributed by atoms with Crippen LogP contribution in [0.15, 0.2) is 48.9 Å². The first-order chi connectivity index (χ1) is 13.7. The molecule has 2 heterocycles. The van der Waals surface area contributed by atoms with E-state index in [0.717, 1.165) is 22.4 Å². The van der Waals surface area contributed by atoms with Gasteiger partial charge in [0.15, 0.2) is 0 Å². The smallest absolute Gasteiger partial charge is 0.255 e. The Morgan fingerprint density at radius 3 is 2.75 bits per heavy atom. The molecule has 2 aromatic heterocycles. The largest absolute Gasteiger partial charge is 0.496 e. The van der Waals surface area contributed by atoms with Crippen LogP contribution in [-0.2, 0) is 6.54 Å². The summed E-state index contributed by atoms with van der Waals surface area (Å²) < 4.78 is 7.31. The molecule has 3 aromatic rings. The highest BCUT2D eigenvalue weighted by atomic mass is 16.5. The highest BCUT2D eigenvalue weighted by molar-refractivity contribution is 5.97. The first kappa shape index (κ1) is 18.2. The van der Waals surface area contributed by atoms with Crippen LogP contribution in [0.3, 0.4) is 0 Å². The Kier molecular flexibility index (Phi) is 5.10. The summed E-state index contributed by atoms with van der Waals surface area (Å²) in [6.45, 7) is 3.04. The van der Waals surface area contributed by atoms with Gasteiger partial charge in [0.05, 0.1) is 24.9 Å². The number of para-hydroxylation sites is 1. The van der Waals surface area contributed by atoms with Crippen LogP contribution in [-0.4, -0.2) is 34.3 Å². The summed E-state index contributed by atoms with van der Waals surface area (Å²) in [6, 6.07) is 9.60. The Balaban J connectivity index is 1.45. The van der Waals surface area contributed by atoms with Gasteiger partial charge in [0.2, 0.25) is 0 Å². The third kappa shape index (κ3) is 3.76. The summed E-state index contributed by atoms with van der Waals surface area (Å²) in [4.78, 5) is 16.7. The van der Waals surface area contributed by atoms with Crippen molar-refractivity contribution < 1.29 is 9.53 Å². The molecule has 1 amide bonds. The quantitative estimate of drug-likeness (QED) is 0.684. The lowest BCUT2D eigenvalue weighted by Crippen LogP contribution is -2.27. The molecule has 0 saturated heterocycles. The number of benzene rings is 1. The standard InChI is InChI=1S/C22H24N4O2/c1-15-4-3-5-18(21(15)28-2)22(27)24-12-13-26-14-19(16-8-10-23-11-9-16)20(25-26)17-6-7-17/h3-5,8-11,14,17H,6-7,12-13H2,1-2H3,(H,24,27). The van der Waals surface area contributed by atoms with Crippen LogP contribution in [0.1, 0.15) is 40.4 Å². The van der Waals surface area contributed by atoms with E-state index < -0.39 is 0 Å². The number of aryl methyl sites for hydroxylation is 1. The third-order valence-corrected chi connectivity index (χ3v) is 5.03. The molecule has 0 spiro atoms. The Morgan fingerprint density at radius 2 is 2.04 bits per heavy atom.